The molecule has 22 heavy (non-hydrogen) atoms. The van der Waals surface area contributed by atoms with Gasteiger partial charge < -0.3 is 11.1 Å². The van der Waals surface area contributed by atoms with Crippen LogP contribution in [0.25, 0.3) is 5.69 Å². The van der Waals surface area contributed by atoms with E-state index in [9.17, 15) is 4.79 Å². The third-order valence-corrected chi connectivity index (χ3v) is 3.48. The number of aromatic nitrogens is 2. The van der Waals surface area contributed by atoms with Crippen LogP contribution in [0.3, 0.4) is 0 Å². The number of rotatable bonds is 6. The van der Waals surface area contributed by atoms with Crippen LogP contribution in [0.1, 0.15) is 36.2 Å². The second-order valence-corrected chi connectivity index (χ2v) is 6.04. The van der Waals surface area contributed by atoms with Crippen LogP contribution < -0.4 is 11.1 Å². The molecule has 0 fully saturated rings. The minimum atomic E-state index is -0.0840. The molecular formula is C17H24N4O. The van der Waals surface area contributed by atoms with Gasteiger partial charge in [-0.1, -0.05) is 13.8 Å². The maximum absolute atomic E-state index is 12.3. The van der Waals surface area contributed by atoms with Crippen molar-refractivity contribution in [2.75, 3.05) is 6.54 Å². The van der Waals surface area contributed by atoms with Crippen LogP contribution in [0.2, 0.25) is 0 Å². The number of hydrogen-bond donors (Lipinski definition) is 2. The average molecular weight is 300 g/mol. The summed E-state index contributed by atoms with van der Waals surface area (Å²) >= 11 is 0. The lowest BCUT2D eigenvalue weighted by Gasteiger charge is -2.18. The summed E-state index contributed by atoms with van der Waals surface area (Å²) in [6.07, 6.45) is 4.63. The highest BCUT2D eigenvalue weighted by Gasteiger charge is 2.13. The van der Waals surface area contributed by atoms with E-state index >= 15 is 0 Å². The largest absolute Gasteiger partial charge is 0.348 e. The lowest BCUT2D eigenvalue weighted by molar-refractivity contribution is 0.0934. The van der Waals surface area contributed by atoms with Crippen LogP contribution in [0.15, 0.2) is 36.7 Å². The molecule has 0 aliphatic rings. The summed E-state index contributed by atoms with van der Waals surface area (Å²) < 4.78 is 1.79. The van der Waals surface area contributed by atoms with Crippen molar-refractivity contribution in [2.45, 2.75) is 33.2 Å². The van der Waals surface area contributed by atoms with Gasteiger partial charge in [0.25, 0.3) is 5.91 Å². The molecule has 2 aromatic rings. The van der Waals surface area contributed by atoms with E-state index in [2.05, 4.69) is 24.3 Å². The monoisotopic (exact) mass is 300 g/mol. The fraction of sp³-hybridized carbons (Fsp3) is 0.412. The maximum atomic E-state index is 12.3. The molecule has 0 aliphatic carbocycles. The molecule has 0 bridgehead atoms. The lowest BCUT2D eigenvalue weighted by Crippen LogP contribution is -2.41. The average Bonchev–Trinajstić information content (AvgIpc) is 2.92. The molecular weight excluding hydrogens is 276 g/mol. The van der Waals surface area contributed by atoms with Crippen molar-refractivity contribution in [2.24, 2.45) is 11.7 Å². The predicted molar refractivity (Wildman–Crippen MR) is 88.1 cm³/mol. The Morgan fingerprint density at radius 2 is 2.00 bits per heavy atom. The predicted octanol–water partition coefficient (Wildman–Crippen LogP) is 2.28. The second kappa shape index (κ2) is 7.22. The first kappa shape index (κ1) is 16.2. The van der Waals surface area contributed by atoms with Gasteiger partial charge in [-0.2, -0.15) is 5.10 Å². The Kier molecular flexibility index (Phi) is 5.33. The molecule has 0 radical (unpaired) electrons. The molecule has 1 unspecified atom stereocenters. The van der Waals surface area contributed by atoms with Crippen molar-refractivity contribution in [3.63, 3.8) is 0 Å². The molecule has 118 valence electrons. The highest BCUT2D eigenvalue weighted by molar-refractivity contribution is 5.94. The first-order valence-electron chi connectivity index (χ1n) is 7.62. The van der Waals surface area contributed by atoms with Crippen LogP contribution in [0.4, 0.5) is 0 Å². The Morgan fingerprint density at radius 3 is 2.50 bits per heavy atom. The molecule has 3 N–H and O–H groups in total. The minimum absolute atomic E-state index is 0.0148. The quantitative estimate of drug-likeness (QED) is 0.859. The number of hydrogen-bond acceptors (Lipinski definition) is 3. The van der Waals surface area contributed by atoms with E-state index in [1.165, 1.54) is 0 Å². The molecule has 2 rings (SSSR count). The molecule has 1 amide bonds. The molecule has 0 saturated heterocycles. The van der Waals surface area contributed by atoms with Crippen molar-refractivity contribution >= 4 is 5.91 Å². The Hall–Kier alpha value is -2.14. The Bertz CT molecular complexity index is 616. The minimum Gasteiger partial charge on any atom is -0.348 e. The second-order valence-electron chi connectivity index (χ2n) is 6.04. The highest BCUT2D eigenvalue weighted by Crippen LogP contribution is 2.11. The zero-order valence-electron chi connectivity index (χ0n) is 13.4. The Balaban J connectivity index is 2.04. The van der Waals surface area contributed by atoms with Crippen molar-refractivity contribution in [3.8, 4) is 5.69 Å². The molecule has 0 aliphatic heterocycles. The maximum Gasteiger partial charge on any atom is 0.251 e. The van der Waals surface area contributed by atoms with Gasteiger partial charge in [0.2, 0.25) is 0 Å². The molecule has 1 aromatic carbocycles. The van der Waals surface area contributed by atoms with Gasteiger partial charge in [0.1, 0.15) is 0 Å². The number of aryl methyl sites for hydroxylation is 1. The smallest absolute Gasteiger partial charge is 0.251 e. The van der Waals surface area contributed by atoms with Gasteiger partial charge >= 0.3 is 0 Å². The lowest BCUT2D eigenvalue weighted by atomic mass is 10.0. The van der Waals surface area contributed by atoms with E-state index in [1.807, 2.05) is 37.4 Å². The number of carbonyl (C=O) groups is 1. The summed E-state index contributed by atoms with van der Waals surface area (Å²) in [7, 11) is 0. The summed E-state index contributed by atoms with van der Waals surface area (Å²) in [5, 5.41) is 7.25. The molecule has 1 atom stereocenters. The van der Waals surface area contributed by atoms with E-state index in [1.54, 1.807) is 10.9 Å². The van der Waals surface area contributed by atoms with Crippen molar-refractivity contribution in [1.82, 2.24) is 15.1 Å². The Labute approximate surface area is 131 Å². The zero-order chi connectivity index (χ0) is 16.1. The highest BCUT2D eigenvalue weighted by atomic mass is 16.1. The number of nitrogens with one attached hydrogen (secondary N) is 1. The molecule has 5 nitrogen and oxygen atoms in total. The standard InChI is InChI=1S/C17H24N4O/c1-12(2)8-15(9-18)20-17(22)14-4-6-16(7-5-14)21-11-13(3)10-19-21/h4-7,10-12,15H,8-9,18H2,1-3H3,(H,20,22). The number of carbonyl (C=O) groups excluding carboxylic acids is 1. The van der Waals surface area contributed by atoms with Gasteiger partial charge in [0.15, 0.2) is 0 Å². The molecule has 5 heteroatoms. The van der Waals surface area contributed by atoms with E-state index < -0.39 is 0 Å². The number of amides is 1. The van der Waals surface area contributed by atoms with Gasteiger partial charge in [-0.3, -0.25) is 4.79 Å². The SMILES string of the molecule is Cc1cnn(-c2ccc(C(=O)NC(CN)CC(C)C)cc2)c1. The Morgan fingerprint density at radius 1 is 1.32 bits per heavy atom. The van der Waals surface area contributed by atoms with Crippen molar-refractivity contribution in [1.29, 1.82) is 0 Å². The van der Waals surface area contributed by atoms with Gasteiger partial charge in [-0.15, -0.1) is 0 Å². The molecule has 0 saturated carbocycles. The summed E-state index contributed by atoms with van der Waals surface area (Å²) in [5.41, 5.74) is 8.39. The molecule has 1 heterocycles. The number of benzene rings is 1. The van der Waals surface area contributed by atoms with Crippen molar-refractivity contribution in [3.05, 3.63) is 47.8 Å². The van der Waals surface area contributed by atoms with E-state index in [4.69, 9.17) is 5.73 Å². The number of nitrogens with two attached hydrogens (primary N) is 1. The summed E-state index contributed by atoms with van der Waals surface area (Å²) in [6, 6.07) is 7.42. The van der Waals surface area contributed by atoms with E-state index in [-0.39, 0.29) is 11.9 Å². The third-order valence-electron chi connectivity index (χ3n) is 3.48. The molecule has 0 spiro atoms. The van der Waals surface area contributed by atoms with Crippen LogP contribution in [0, 0.1) is 12.8 Å². The van der Waals surface area contributed by atoms with E-state index in [0.717, 1.165) is 17.7 Å². The fourth-order valence-electron chi connectivity index (χ4n) is 2.37. The van der Waals surface area contributed by atoms with Gasteiger partial charge in [0.05, 0.1) is 11.9 Å². The molecule has 1 aromatic heterocycles. The van der Waals surface area contributed by atoms with Crippen LogP contribution >= 0.6 is 0 Å². The third kappa shape index (κ3) is 4.18. The summed E-state index contributed by atoms with van der Waals surface area (Å²) in [6.45, 7) is 6.69. The van der Waals surface area contributed by atoms with Crippen molar-refractivity contribution < 1.29 is 4.79 Å². The van der Waals surface area contributed by atoms with Gasteiger partial charge in [-0.25, -0.2) is 4.68 Å². The summed E-state index contributed by atoms with van der Waals surface area (Å²) in [4.78, 5) is 12.3. The van der Waals surface area contributed by atoms with Crippen LogP contribution in [0.5, 0.6) is 0 Å². The number of nitrogens with zero attached hydrogens (tertiary/aromatic N) is 2. The van der Waals surface area contributed by atoms with E-state index in [0.29, 0.717) is 18.0 Å². The van der Waals surface area contributed by atoms with Gasteiger partial charge in [0, 0.05) is 24.3 Å². The van der Waals surface area contributed by atoms with Crippen LogP contribution in [-0.4, -0.2) is 28.3 Å². The summed E-state index contributed by atoms with van der Waals surface area (Å²) in [5.74, 6) is 0.415. The fourth-order valence-corrected chi connectivity index (χ4v) is 2.37. The zero-order valence-corrected chi connectivity index (χ0v) is 13.4. The first-order valence-corrected chi connectivity index (χ1v) is 7.62. The first-order chi connectivity index (χ1) is 10.5. The normalized spacial score (nSPS) is 12.4. The topological polar surface area (TPSA) is 72.9 Å². The van der Waals surface area contributed by atoms with Gasteiger partial charge in [-0.05, 0) is 49.1 Å². The van der Waals surface area contributed by atoms with Crippen LogP contribution in [-0.2, 0) is 0 Å².